The summed E-state index contributed by atoms with van der Waals surface area (Å²) in [6.07, 6.45) is 0. The quantitative estimate of drug-likeness (QED) is 0.158. The van der Waals surface area contributed by atoms with E-state index in [0.717, 1.165) is 28.4 Å². The first-order valence-electron chi connectivity index (χ1n) is 22.0. The fraction of sp³-hybridized carbons (Fsp3) is 0.0164. The molecule has 1 atom stereocenters. The van der Waals surface area contributed by atoms with Crippen molar-refractivity contribution in [3.05, 3.63) is 265 Å². The molecule has 0 saturated heterocycles. The summed E-state index contributed by atoms with van der Waals surface area (Å²) in [6.45, 7) is 0. The molecule has 1 spiro atoms. The van der Waals surface area contributed by atoms with E-state index in [2.05, 4.69) is 252 Å². The average Bonchev–Trinajstić information content (AvgIpc) is 3.99. The Morgan fingerprint density at radius 3 is 1.45 bits per heavy atom. The lowest BCUT2D eigenvalue weighted by Gasteiger charge is -2.34. The number of nitrogens with zero attached hydrogens (tertiary/aromatic N) is 2. The number of hydrogen-bond acceptors (Lipinski definition) is 3. The van der Waals surface area contributed by atoms with Crippen LogP contribution in [0.25, 0.3) is 53.6 Å². The van der Waals surface area contributed by atoms with E-state index >= 15 is 0 Å². The van der Waals surface area contributed by atoms with Crippen molar-refractivity contribution in [2.45, 2.75) is 5.41 Å². The number of rotatable bonds is 7. The summed E-state index contributed by atoms with van der Waals surface area (Å²) in [5, 5.41) is 2.58. The molecule has 1 heterocycles. The van der Waals surface area contributed by atoms with Crippen LogP contribution in [0.1, 0.15) is 22.3 Å². The van der Waals surface area contributed by atoms with Gasteiger partial charge in [0, 0.05) is 43.8 Å². The second-order valence-corrected chi connectivity index (χ2v) is 17.8. The van der Waals surface area contributed by atoms with Gasteiger partial charge in [-0.05, 0) is 123 Å². The number of fused-ring (bicyclic) bond motifs is 13. The van der Waals surface area contributed by atoms with Gasteiger partial charge in [-0.1, -0.05) is 170 Å². The van der Waals surface area contributed by atoms with Crippen LogP contribution in [-0.2, 0) is 5.41 Å². The molecule has 3 heteroatoms. The Bertz CT molecular complexity index is 3520. The number of para-hydroxylation sites is 3. The van der Waals surface area contributed by atoms with Crippen molar-refractivity contribution < 1.29 is 0 Å². The van der Waals surface area contributed by atoms with Gasteiger partial charge in [-0.2, -0.15) is 0 Å². The van der Waals surface area contributed by atoms with Crippen molar-refractivity contribution in [1.82, 2.24) is 0 Å². The SMILES string of the molecule is c1ccc(-c2cc3c(cc2N(c2ccccc2)c2ccccc2)C2(c4ccccc4-c4ccc(N(c5ccccc5)c5cccc6c5sc5ccccc56)cc42)c2ccccc2-3)cc1. The molecule has 0 bridgehead atoms. The predicted octanol–water partition coefficient (Wildman–Crippen LogP) is 17.0. The molecule has 0 fully saturated rings. The third-order valence-electron chi connectivity index (χ3n) is 13.4. The van der Waals surface area contributed by atoms with E-state index in [1.54, 1.807) is 0 Å². The van der Waals surface area contributed by atoms with Gasteiger partial charge in [-0.15, -0.1) is 11.3 Å². The molecule has 0 radical (unpaired) electrons. The Morgan fingerprint density at radius 1 is 0.297 bits per heavy atom. The van der Waals surface area contributed by atoms with Crippen molar-refractivity contribution in [1.29, 1.82) is 0 Å². The first-order valence-corrected chi connectivity index (χ1v) is 22.8. The number of thiophene rings is 1. The van der Waals surface area contributed by atoms with E-state index in [1.807, 2.05) is 11.3 Å². The summed E-state index contributed by atoms with van der Waals surface area (Å²) in [5.41, 5.74) is 18.9. The van der Waals surface area contributed by atoms with E-state index in [1.165, 1.54) is 81.5 Å². The van der Waals surface area contributed by atoms with Gasteiger partial charge >= 0.3 is 0 Å². The lowest BCUT2D eigenvalue weighted by molar-refractivity contribution is 0.793. The predicted molar refractivity (Wildman–Crippen MR) is 270 cm³/mol. The molecule has 0 saturated carbocycles. The smallest absolute Gasteiger partial charge is 0.0727 e. The maximum Gasteiger partial charge on any atom is 0.0727 e. The van der Waals surface area contributed by atoms with Gasteiger partial charge in [0.15, 0.2) is 0 Å². The maximum atomic E-state index is 2.53. The zero-order valence-electron chi connectivity index (χ0n) is 34.9. The summed E-state index contributed by atoms with van der Waals surface area (Å²) in [4.78, 5) is 4.92. The minimum atomic E-state index is -0.594. The molecule has 0 N–H and O–H groups in total. The third-order valence-corrected chi connectivity index (χ3v) is 14.7. The van der Waals surface area contributed by atoms with Gasteiger partial charge in [0.1, 0.15) is 0 Å². The van der Waals surface area contributed by atoms with Gasteiger partial charge in [-0.3, -0.25) is 0 Å². The molecule has 1 unspecified atom stereocenters. The zero-order valence-corrected chi connectivity index (χ0v) is 35.7. The van der Waals surface area contributed by atoms with Crippen molar-refractivity contribution in [3.63, 3.8) is 0 Å². The first kappa shape index (κ1) is 36.7. The Kier molecular flexibility index (Phi) is 8.34. The maximum absolute atomic E-state index is 2.53. The molecule has 2 aliphatic rings. The fourth-order valence-corrected chi connectivity index (χ4v) is 12.0. The van der Waals surface area contributed by atoms with Crippen molar-refractivity contribution >= 4 is 65.6 Å². The number of hydrogen-bond donors (Lipinski definition) is 0. The normalized spacial score (nSPS) is 14.3. The summed E-state index contributed by atoms with van der Waals surface area (Å²) < 4.78 is 2.58. The average molecular weight is 833 g/mol. The van der Waals surface area contributed by atoms with Crippen molar-refractivity contribution in [3.8, 4) is 33.4 Å². The van der Waals surface area contributed by atoms with Crippen LogP contribution in [0.5, 0.6) is 0 Å². The van der Waals surface area contributed by atoms with Crippen LogP contribution >= 0.6 is 11.3 Å². The fourth-order valence-electron chi connectivity index (χ4n) is 10.8. The molecule has 1 aromatic heterocycles. The lowest BCUT2D eigenvalue weighted by Crippen LogP contribution is -2.26. The molecule has 0 aliphatic heterocycles. The van der Waals surface area contributed by atoms with Gasteiger partial charge in [0.2, 0.25) is 0 Å². The number of anilines is 6. The van der Waals surface area contributed by atoms with Gasteiger partial charge in [0.25, 0.3) is 0 Å². The molecule has 13 rings (SSSR count). The first-order chi connectivity index (χ1) is 31.8. The highest BCUT2D eigenvalue weighted by atomic mass is 32.1. The van der Waals surface area contributed by atoms with Gasteiger partial charge in [-0.25, -0.2) is 0 Å². The van der Waals surface area contributed by atoms with Crippen LogP contribution in [0, 0.1) is 0 Å². The zero-order chi connectivity index (χ0) is 42.2. The largest absolute Gasteiger partial charge is 0.310 e. The topological polar surface area (TPSA) is 6.48 Å². The molecule has 2 nitrogen and oxygen atoms in total. The lowest BCUT2D eigenvalue weighted by atomic mass is 9.70. The van der Waals surface area contributed by atoms with Crippen molar-refractivity contribution in [2.75, 3.05) is 9.80 Å². The highest BCUT2D eigenvalue weighted by Crippen LogP contribution is 2.65. The minimum absolute atomic E-state index is 0.594. The van der Waals surface area contributed by atoms with Crippen LogP contribution in [0.15, 0.2) is 243 Å². The van der Waals surface area contributed by atoms with Crippen LogP contribution < -0.4 is 9.80 Å². The van der Waals surface area contributed by atoms with E-state index in [9.17, 15) is 0 Å². The van der Waals surface area contributed by atoms with Crippen LogP contribution in [0.2, 0.25) is 0 Å². The summed E-state index contributed by atoms with van der Waals surface area (Å²) in [6, 6.07) is 89.6. The van der Waals surface area contributed by atoms with Crippen LogP contribution in [0.3, 0.4) is 0 Å². The van der Waals surface area contributed by atoms with Gasteiger partial charge < -0.3 is 9.80 Å². The Balaban J connectivity index is 1.12. The summed E-state index contributed by atoms with van der Waals surface area (Å²) in [5.74, 6) is 0. The van der Waals surface area contributed by atoms with E-state index in [0.29, 0.717) is 0 Å². The Morgan fingerprint density at radius 2 is 0.797 bits per heavy atom. The van der Waals surface area contributed by atoms with Crippen LogP contribution in [-0.4, -0.2) is 0 Å². The number of benzene rings is 10. The second kappa shape index (κ2) is 14.6. The summed E-state index contributed by atoms with van der Waals surface area (Å²) >= 11 is 1.88. The highest BCUT2D eigenvalue weighted by molar-refractivity contribution is 7.26. The third kappa shape index (κ3) is 5.38. The molecular formula is C61H40N2S. The Hall–Kier alpha value is -7.98. The molecule has 0 amide bonds. The van der Waals surface area contributed by atoms with E-state index < -0.39 is 5.41 Å². The second-order valence-electron chi connectivity index (χ2n) is 16.8. The standard InChI is InChI=1S/C61H40N2S/c1-5-20-41(21-6-1)51-39-52-47-29-14-17-33-54(47)61(56(52)40-58(51)62(42-22-7-2-8-23-42)43-24-9-3-10-25-43)53-32-16-13-28-46(53)48-37-36-45(38-55(48)61)63(44-26-11-4-12-27-44)57-34-19-31-50-49-30-15-18-35-59(49)64-60(50)57/h1-40H. The molecule has 11 aromatic rings. The van der Waals surface area contributed by atoms with Gasteiger partial charge in [0.05, 0.1) is 21.5 Å². The molecular weight excluding hydrogens is 793 g/mol. The molecule has 2 aliphatic carbocycles. The van der Waals surface area contributed by atoms with E-state index in [4.69, 9.17) is 0 Å². The van der Waals surface area contributed by atoms with Crippen molar-refractivity contribution in [2.24, 2.45) is 0 Å². The summed E-state index contributed by atoms with van der Waals surface area (Å²) in [7, 11) is 0. The monoisotopic (exact) mass is 832 g/mol. The molecule has 300 valence electrons. The Labute approximate surface area is 377 Å². The molecule has 10 aromatic carbocycles. The van der Waals surface area contributed by atoms with Crippen LogP contribution in [0.4, 0.5) is 34.1 Å². The molecule has 64 heavy (non-hydrogen) atoms. The van der Waals surface area contributed by atoms with E-state index in [-0.39, 0.29) is 0 Å². The highest BCUT2D eigenvalue weighted by Gasteiger charge is 2.52. The minimum Gasteiger partial charge on any atom is -0.310 e.